The van der Waals surface area contributed by atoms with E-state index in [0.717, 1.165) is 28.9 Å². The maximum atomic E-state index is 13.2. The molecule has 0 bridgehead atoms. The van der Waals surface area contributed by atoms with Crippen LogP contribution in [-0.4, -0.2) is 6.54 Å². The Morgan fingerprint density at radius 3 is 2.81 bits per heavy atom. The van der Waals surface area contributed by atoms with Gasteiger partial charge in [0.25, 0.3) is 0 Å². The fraction of sp³-hybridized carbons (Fsp3) is 0.412. The molecule has 1 aromatic carbocycles. The first kappa shape index (κ1) is 15.2. The molecule has 0 aliphatic heterocycles. The summed E-state index contributed by atoms with van der Waals surface area (Å²) in [6.07, 6.45) is 3.81. The van der Waals surface area contributed by atoms with Gasteiger partial charge in [0.2, 0.25) is 0 Å². The fourth-order valence-corrected chi connectivity index (χ4v) is 4.50. The van der Waals surface area contributed by atoms with Crippen molar-refractivity contribution in [1.29, 1.82) is 0 Å². The quantitative estimate of drug-likeness (QED) is 0.683. The molecule has 0 amide bonds. The van der Waals surface area contributed by atoms with E-state index in [1.807, 2.05) is 17.4 Å². The number of hydrogen-bond acceptors (Lipinski definition) is 2. The van der Waals surface area contributed by atoms with Crippen LogP contribution in [0, 0.1) is 11.7 Å². The van der Waals surface area contributed by atoms with Crippen molar-refractivity contribution in [1.82, 2.24) is 5.32 Å². The monoisotopic (exact) mass is 367 g/mol. The highest BCUT2D eigenvalue weighted by atomic mass is 79.9. The molecule has 0 saturated heterocycles. The summed E-state index contributed by atoms with van der Waals surface area (Å²) in [5, 5.41) is 3.67. The largest absolute Gasteiger partial charge is 0.309 e. The van der Waals surface area contributed by atoms with Crippen LogP contribution in [0.15, 0.2) is 34.8 Å². The van der Waals surface area contributed by atoms with E-state index in [-0.39, 0.29) is 5.82 Å². The lowest BCUT2D eigenvalue weighted by molar-refractivity contribution is 0.488. The average Bonchev–Trinajstić information content (AvgIpc) is 3.18. The molecule has 1 atom stereocenters. The highest BCUT2D eigenvalue weighted by molar-refractivity contribution is 9.10. The molecular weight excluding hydrogens is 349 g/mol. The lowest BCUT2D eigenvalue weighted by Gasteiger charge is -2.16. The SMILES string of the molecule is CCCNC(c1ccc(-c2ccc(F)cc2Br)s1)C1CC1. The molecule has 21 heavy (non-hydrogen) atoms. The van der Waals surface area contributed by atoms with Gasteiger partial charge in [0.15, 0.2) is 0 Å². The minimum atomic E-state index is -0.206. The van der Waals surface area contributed by atoms with Crippen molar-refractivity contribution in [2.45, 2.75) is 32.2 Å². The molecule has 1 aliphatic rings. The Morgan fingerprint density at radius 2 is 2.14 bits per heavy atom. The van der Waals surface area contributed by atoms with Crippen molar-refractivity contribution < 1.29 is 4.39 Å². The molecule has 0 spiro atoms. The van der Waals surface area contributed by atoms with Crippen molar-refractivity contribution in [2.75, 3.05) is 6.54 Å². The second-order valence-electron chi connectivity index (χ2n) is 5.60. The molecule has 1 nitrogen and oxygen atoms in total. The van der Waals surface area contributed by atoms with E-state index in [4.69, 9.17) is 0 Å². The van der Waals surface area contributed by atoms with Crippen molar-refractivity contribution in [3.05, 3.63) is 45.5 Å². The average molecular weight is 368 g/mol. The van der Waals surface area contributed by atoms with Gasteiger partial charge in [-0.05, 0) is 62.1 Å². The van der Waals surface area contributed by atoms with Gasteiger partial charge in [-0.25, -0.2) is 4.39 Å². The summed E-state index contributed by atoms with van der Waals surface area (Å²) in [5.74, 6) is 0.586. The Morgan fingerprint density at radius 1 is 1.33 bits per heavy atom. The molecule has 4 heteroatoms. The van der Waals surface area contributed by atoms with Crippen LogP contribution in [0.5, 0.6) is 0 Å². The summed E-state index contributed by atoms with van der Waals surface area (Å²) >= 11 is 5.28. The summed E-state index contributed by atoms with van der Waals surface area (Å²) < 4.78 is 14.0. The van der Waals surface area contributed by atoms with Crippen LogP contribution in [0.3, 0.4) is 0 Å². The van der Waals surface area contributed by atoms with E-state index < -0.39 is 0 Å². The summed E-state index contributed by atoms with van der Waals surface area (Å²) in [5.41, 5.74) is 1.07. The molecule has 1 heterocycles. The van der Waals surface area contributed by atoms with Crippen LogP contribution in [0.2, 0.25) is 0 Å². The molecule has 1 aromatic heterocycles. The van der Waals surface area contributed by atoms with E-state index in [9.17, 15) is 4.39 Å². The maximum Gasteiger partial charge on any atom is 0.124 e. The van der Waals surface area contributed by atoms with Crippen molar-refractivity contribution in [3.63, 3.8) is 0 Å². The van der Waals surface area contributed by atoms with E-state index in [1.165, 1.54) is 34.7 Å². The van der Waals surface area contributed by atoms with Crippen LogP contribution < -0.4 is 5.32 Å². The minimum absolute atomic E-state index is 0.206. The molecule has 0 radical (unpaired) electrons. The van der Waals surface area contributed by atoms with Gasteiger partial charge in [-0.15, -0.1) is 11.3 Å². The first-order valence-electron chi connectivity index (χ1n) is 7.47. The van der Waals surface area contributed by atoms with Gasteiger partial charge in [0, 0.05) is 25.8 Å². The van der Waals surface area contributed by atoms with Crippen LogP contribution in [0.4, 0.5) is 4.39 Å². The van der Waals surface area contributed by atoms with Gasteiger partial charge >= 0.3 is 0 Å². The first-order valence-corrected chi connectivity index (χ1v) is 9.08. The predicted molar refractivity (Wildman–Crippen MR) is 91.2 cm³/mol. The smallest absolute Gasteiger partial charge is 0.124 e. The predicted octanol–water partition coefficient (Wildman–Crippen LogP) is 5.77. The summed E-state index contributed by atoms with van der Waals surface area (Å²) in [6.45, 7) is 3.26. The van der Waals surface area contributed by atoms with Gasteiger partial charge < -0.3 is 5.32 Å². The number of benzene rings is 1. The van der Waals surface area contributed by atoms with Crippen molar-refractivity contribution >= 4 is 27.3 Å². The van der Waals surface area contributed by atoms with Gasteiger partial charge in [-0.2, -0.15) is 0 Å². The van der Waals surface area contributed by atoms with Crippen LogP contribution >= 0.6 is 27.3 Å². The number of rotatable bonds is 6. The van der Waals surface area contributed by atoms with Gasteiger partial charge in [-0.3, -0.25) is 0 Å². The normalized spacial score (nSPS) is 16.1. The third kappa shape index (κ3) is 3.55. The van der Waals surface area contributed by atoms with Gasteiger partial charge in [-0.1, -0.05) is 22.9 Å². The highest BCUT2D eigenvalue weighted by Crippen LogP contribution is 2.45. The van der Waals surface area contributed by atoms with E-state index >= 15 is 0 Å². The first-order chi connectivity index (χ1) is 10.2. The number of nitrogens with one attached hydrogen (secondary N) is 1. The molecule has 3 rings (SSSR count). The van der Waals surface area contributed by atoms with Crippen molar-refractivity contribution in [3.8, 4) is 10.4 Å². The number of hydrogen-bond donors (Lipinski definition) is 1. The summed E-state index contributed by atoms with van der Waals surface area (Å²) in [6, 6.07) is 9.77. The van der Waals surface area contributed by atoms with E-state index in [1.54, 1.807) is 0 Å². The Kier molecular flexibility index (Phi) is 4.77. The second kappa shape index (κ2) is 6.59. The topological polar surface area (TPSA) is 12.0 Å². The molecular formula is C17H19BrFNS. The third-order valence-electron chi connectivity index (χ3n) is 3.84. The minimum Gasteiger partial charge on any atom is -0.309 e. The van der Waals surface area contributed by atoms with Crippen LogP contribution in [0.25, 0.3) is 10.4 Å². The summed E-state index contributed by atoms with van der Waals surface area (Å²) in [7, 11) is 0. The number of halogens is 2. The van der Waals surface area contributed by atoms with Gasteiger partial charge in [0.05, 0.1) is 0 Å². The lowest BCUT2D eigenvalue weighted by Crippen LogP contribution is -2.22. The van der Waals surface area contributed by atoms with Crippen LogP contribution in [-0.2, 0) is 0 Å². The molecule has 1 aliphatic carbocycles. The molecule has 1 saturated carbocycles. The molecule has 2 aromatic rings. The zero-order valence-corrected chi connectivity index (χ0v) is 14.4. The maximum absolute atomic E-state index is 13.2. The lowest BCUT2D eigenvalue weighted by atomic mass is 10.1. The molecule has 112 valence electrons. The van der Waals surface area contributed by atoms with E-state index in [0.29, 0.717) is 6.04 Å². The Labute approximate surface area is 137 Å². The second-order valence-corrected chi connectivity index (χ2v) is 7.57. The zero-order valence-electron chi connectivity index (χ0n) is 12.0. The highest BCUT2D eigenvalue weighted by Gasteiger charge is 2.32. The molecule has 1 unspecified atom stereocenters. The van der Waals surface area contributed by atoms with Crippen LogP contribution in [0.1, 0.15) is 37.1 Å². The number of thiophene rings is 1. The van der Waals surface area contributed by atoms with Crippen molar-refractivity contribution in [2.24, 2.45) is 5.92 Å². The molecule has 1 fully saturated rings. The molecule has 1 N–H and O–H groups in total. The fourth-order valence-electron chi connectivity index (χ4n) is 2.58. The Bertz CT molecular complexity index is 621. The Hall–Kier alpha value is -0.710. The Balaban J connectivity index is 1.84. The van der Waals surface area contributed by atoms with E-state index in [2.05, 4.69) is 40.3 Å². The summed E-state index contributed by atoms with van der Waals surface area (Å²) in [4.78, 5) is 2.60. The standard InChI is InChI=1S/C17H19BrFNS/c1-2-9-20-17(11-3-4-11)16-8-7-15(21-16)13-6-5-12(19)10-14(13)18/h5-8,10-11,17,20H,2-4,9H2,1H3. The van der Waals surface area contributed by atoms with Gasteiger partial charge in [0.1, 0.15) is 5.82 Å². The zero-order chi connectivity index (χ0) is 14.8. The third-order valence-corrected chi connectivity index (χ3v) is 5.70.